The van der Waals surface area contributed by atoms with Crippen LogP contribution in [0.1, 0.15) is 67.3 Å². The summed E-state index contributed by atoms with van der Waals surface area (Å²) in [5, 5.41) is 9.17. The maximum Gasteiger partial charge on any atom is 0.337 e. The molecule has 0 saturated heterocycles. The number of aromatic carboxylic acids is 1. The number of aryl methyl sites for hydroxylation is 1. The molecule has 1 fully saturated rings. The summed E-state index contributed by atoms with van der Waals surface area (Å²) in [6.45, 7) is 8.58. The van der Waals surface area contributed by atoms with Gasteiger partial charge in [0.25, 0.3) is 0 Å². The van der Waals surface area contributed by atoms with E-state index in [1.54, 1.807) is 6.07 Å². The maximum absolute atomic E-state index is 11.2. The molecule has 0 amide bonds. The summed E-state index contributed by atoms with van der Waals surface area (Å²) in [6.07, 6.45) is 4.75. The number of hydrogen-bond donors (Lipinski definition) is 1. The summed E-state index contributed by atoms with van der Waals surface area (Å²) >= 11 is 0. The first-order chi connectivity index (χ1) is 8.32. The van der Waals surface area contributed by atoms with Crippen molar-refractivity contribution in [1.82, 2.24) is 4.57 Å². The smallest absolute Gasteiger partial charge is 0.337 e. The Bertz CT molecular complexity index is 461. The second-order valence-electron chi connectivity index (χ2n) is 6.36. The Balaban J connectivity index is 2.27. The van der Waals surface area contributed by atoms with Gasteiger partial charge in [0.1, 0.15) is 0 Å². The Hall–Kier alpha value is -1.25. The molecule has 0 aliphatic heterocycles. The minimum atomic E-state index is -0.814. The van der Waals surface area contributed by atoms with Gasteiger partial charge in [0.05, 0.1) is 5.56 Å². The Labute approximate surface area is 109 Å². The molecule has 3 nitrogen and oxygen atoms in total. The number of carboxylic acids is 1. The monoisotopic (exact) mass is 249 g/mol. The van der Waals surface area contributed by atoms with Crippen LogP contribution < -0.4 is 0 Å². The van der Waals surface area contributed by atoms with Crippen molar-refractivity contribution in [3.8, 4) is 0 Å². The standard InChI is InChI=1S/C15H23NO2/c1-10-9-13(14(17)18)11(2)16(10)12-5-7-15(3,4)8-6-12/h9,12H,5-8H2,1-4H3,(H,17,18). The fourth-order valence-electron chi connectivity index (χ4n) is 3.20. The molecule has 1 saturated carbocycles. The van der Waals surface area contributed by atoms with Crippen LogP contribution >= 0.6 is 0 Å². The number of carboxylic acid groups (broad SMARTS) is 1. The molecule has 2 rings (SSSR count). The summed E-state index contributed by atoms with van der Waals surface area (Å²) in [4.78, 5) is 11.2. The van der Waals surface area contributed by atoms with Crippen LogP contribution in [-0.2, 0) is 0 Å². The average Bonchev–Trinajstić information content (AvgIpc) is 2.56. The highest BCUT2D eigenvalue weighted by Gasteiger charge is 2.29. The zero-order chi connectivity index (χ0) is 13.5. The second-order valence-corrected chi connectivity index (χ2v) is 6.36. The van der Waals surface area contributed by atoms with E-state index < -0.39 is 5.97 Å². The average molecular weight is 249 g/mol. The van der Waals surface area contributed by atoms with Crippen LogP contribution in [0.2, 0.25) is 0 Å². The van der Waals surface area contributed by atoms with Crippen LogP contribution in [0.3, 0.4) is 0 Å². The van der Waals surface area contributed by atoms with Gasteiger partial charge in [-0.25, -0.2) is 4.79 Å². The maximum atomic E-state index is 11.2. The molecule has 0 radical (unpaired) electrons. The first-order valence-corrected chi connectivity index (χ1v) is 6.73. The van der Waals surface area contributed by atoms with Crippen molar-refractivity contribution < 1.29 is 9.90 Å². The lowest BCUT2D eigenvalue weighted by molar-refractivity contribution is 0.0695. The molecular formula is C15H23NO2. The third-order valence-electron chi connectivity index (χ3n) is 4.39. The Morgan fingerprint density at radius 3 is 2.33 bits per heavy atom. The number of hydrogen-bond acceptors (Lipinski definition) is 1. The van der Waals surface area contributed by atoms with Crippen LogP contribution in [0.5, 0.6) is 0 Å². The molecule has 1 aromatic heterocycles. The van der Waals surface area contributed by atoms with E-state index in [9.17, 15) is 9.90 Å². The van der Waals surface area contributed by atoms with Gasteiger partial charge < -0.3 is 9.67 Å². The molecular weight excluding hydrogens is 226 g/mol. The zero-order valence-electron chi connectivity index (χ0n) is 11.8. The van der Waals surface area contributed by atoms with Crippen molar-refractivity contribution in [2.24, 2.45) is 5.41 Å². The summed E-state index contributed by atoms with van der Waals surface area (Å²) in [5.41, 5.74) is 2.89. The number of nitrogens with zero attached hydrogens (tertiary/aromatic N) is 1. The zero-order valence-corrected chi connectivity index (χ0v) is 11.8. The molecule has 0 atom stereocenters. The summed E-state index contributed by atoms with van der Waals surface area (Å²) < 4.78 is 2.23. The van der Waals surface area contributed by atoms with Crippen molar-refractivity contribution in [3.05, 3.63) is 23.0 Å². The Morgan fingerprint density at radius 1 is 1.33 bits per heavy atom. The summed E-state index contributed by atoms with van der Waals surface area (Å²) in [6, 6.07) is 2.28. The van der Waals surface area contributed by atoms with Gasteiger partial charge in [-0.15, -0.1) is 0 Å². The lowest BCUT2D eigenvalue weighted by Crippen LogP contribution is -2.24. The van der Waals surface area contributed by atoms with Crippen molar-refractivity contribution in [2.45, 2.75) is 59.4 Å². The lowest BCUT2D eigenvalue weighted by Gasteiger charge is -2.36. The Kier molecular flexibility index (Phi) is 3.26. The van der Waals surface area contributed by atoms with Crippen LogP contribution in [0.25, 0.3) is 0 Å². The van der Waals surface area contributed by atoms with Crippen molar-refractivity contribution in [3.63, 3.8) is 0 Å². The van der Waals surface area contributed by atoms with Crippen molar-refractivity contribution >= 4 is 5.97 Å². The van der Waals surface area contributed by atoms with Crippen LogP contribution in [-0.4, -0.2) is 15.6 Å². The molecule has 3 heteroatoms. The first-order valence-electron chi connectivity index (χ1n) is 6.73. The highest BCUT2D eigenvalue weighted by molar-refractivity contribution is 5.89. The predicted molar refractivity (Wildman–Crippen MR) is 72.2 cm³/mol. The summed E-state index contributed by atoms with van der Waals surface area (Å²) in [5.74, 6) is -0.814. The Morgan fingerprint density at radius 2 is 1.89 bits per heavy atom. The highest BCUT2D eigenvalue weighted by Crippen LogP contribution is 2.41. The van der Waals surface area contributed by atoms with Gasteiger partial charge in [-0.3, -0.25) is 0 Å². The highest BCUT2D eigenvalue weighted by atomic mass is 16.4. The third kappa shape index (κ3) is 2.31. The molecule has 18 heavy (non-hydrogen) atoms. The molecule has 1 N–H and O–H groups in total. The molecule has 1 aliphatic carbocycles. The van der Waals surface area contributed by atoms with E-state index in [1.165, 1.54) is 12.8 Å². The van der Waals surface area contributed by atoms with Gasteiger partial charge in [0, 0.05) is 17.4 Å². The third-order valence-corrected chi connectivity index (χ3v) is 4.39. The van der Waals surface area contributed by atoms with Crippen LogP contribution in [0, 0.1) is 19.3 Å². The van der Waals surface area contributed by atoms with Gasteiger partial charge in [-0.1, -0.05) is 13.8 Å². The number of carbonyl (C=O) groups is 1. The van der Waals surface area contributed by atoms with Gasteiger partial charge in [0.15, 0.2) is 0 Å². The largest absolute Gasteiger partial charge is 0.478 e. The lowest BCUT2D eigenvalue weighted by atomic mass is 9.75. The van der Waals surface area contributed by atoms with Crippen molar-refractivity contribution in [2.75, 3.05) is 0 Å². The fourth-order valence-corrected chi connectivity index (χ4v) is 3.20. The van der Waals surface area contributed by atoms with Gasteiger partial charge in [-0.2, -0.15) is 0 Å². The summed E-state index contributed by atoms with van der Waals surface area (Å²) in [7, 11) is 0. The number of aromatic nitrogens is 1. The SMILES string of the molecule is Cc1cc(C(=O)O)c(C)n1C1CCC(C)(C)CC1. The van der Waals surface area contributed by atoms with E-state index in [2.05, 4.69) is 18.4 Å². The van der Waals surface area contributed by atoms with Gasteiger partial charge in [0.2, 0.25) is 0 Å². The molecule has 100 valence electrons. The van der Waals surface area contributed by atoms with E-state index >= 15 is 0 Å². The number of rotatable bonds is 2. The first kappa shape index (κ1) is 13.2. The van der Waals surface area contributed by atoms with Gasteiger partial charge in [-0.05, 0) is 51.0 Å². The van der Waals surface area contributed by atoms with Crippen molar-refractivity contribution in [1.29, 1.82) is 0 Å². The van der Waals surface area contributed by atoms with E-state index in [1.807, 2.05) is 13.8 Å². The predicted octanol–water partition coefficient (Wildman–Crippen LogP) is 3.94. The molecule has 1 heterocycles. The van der Waals surface area contributed by atoms with E-state index in [4.69, 9.17) is 0 Å². The molecule has 1 aromatic rings. The molecule has 0 bridgehead atoms. The van der Waals surface area contributed by atoms with Gasteiger partial charge >= 0.3 is 5.97 Å². The van der Waals surface area contributed by atoms with E-state index in [-0.39, 0.29) is 0 Å². The van der Waals surface area contributed by atoms with E-state index in [0.29, 0.717) is 17.0 Å². The molecule has 0 unspecified atom stereocenters. The minimum absolute atomic E-state index is 0.446. The second kappa shape index (κ2) is 4.45. The molecule has 0 aromatic carbocycles. The molecule has 0 spiro atoms. The molecule has 1 aliphatic rings. The van der Waals surface area contributed by atoms with Crippen LogP contribution in [0.15, 0.2) is 6.07 Å². The minimum Gasteiger partial charge on any atom is -0.478 e. The van der Waals surface area contributed by atoms with E-state index in [0.717, 1.165) is 24.2 Å². The fraction of sp³-hybridized carbons (Fsp3) is 0.667. The van der Waals surface area contributed by atoms with Crippen LogP contribution in [0.4, 0.5) is 0 Å². The topological polar surface area (TPSA) is 42.2 Å². The quantitative estimate of drug-likeness (QED) is 0.862. The normalized spacial score (nSPS) is 20.0.